The Hall–Kier alpha value is -3.50. The number of carboxylic acid groups (broad SMARTS) is 1. The zero-order valence-corrected chi connectivity index (χ0v) is 19.7. The number of hydrogen-bond donors (Lipinski definition) is 2. The average molecular weight is 488 g/mol. The summed E-state index contributed by atoms with van der Waals surface area (Å²) in [6, 6.07) is 9.68. The molecule has 2 unspecified atom stereocenters. The summed E-state index contributed by atoms with van der Waals surface area (Å²) < 4.78 is 45.4. The number of amides is 1. The molecule has 1 aliphatic heterocycles. The van der Waals surface area contributed by atoms with Crippen LogP contribution in [-0.2, 0) is 11.3 Å². The molecule has 8 nitrogen and oxygen atoms in total. The van der Waals surface area contributed by atoms with E-state index in [4.69, 9.17) is 19.3 Å². The zero-order chi connectivity index (χ0) is 25.1. The molecule has 0 aliphatic carbocycles. The Morgan fingerprint density at radius 3 is 2.60 bits per heavy atom. The first-order valence-electron chi connectivity index (χ1n) is 11.1. The van der Waals surface area contributed by atoms with Crippen molar-refractivity contribution in [1.82, 2.24) is 15.2 Å². The van der Waals surface area contributed by atoms with Gasteiger partial charge in [-0.1, -0.05) is 12.1 Å². The van der Waals surface area contributed by atoms with Gasteiger partial charge in [-0.25, -0.2) is 18.6 Å². The summed E-state index contributed by atoms with van der Waals surface area (Å²) >= 11 is 0. The molecule has 0 bridgehead atoms. The Balaban J connectivity index is 1.72. The van der Waals surface area contributed by atoms with Crippen molar-refractivity contribution in [2.45, 2.75) is 25.6 Å². The fourth-order valence-electron chi connectivity index (χ4n) is 4.30. The average Bonchev–Trinajstić information content (AvgIpc) is 2.86. The second-order valence-electron chi connectivity index (χ2n) is 8.32. The first kappa shape index (κ1) is 24.6. The molecule has 0 radical (unpaired) electrons. The van der Waals surface area contributed by atoms with Gasteiger partial charge in [-0.3, -0.25) is 4.90 Å². The summed E-state index contributed by atoms with van der Waals surface area (Å²) in [5, 5.41) is 11.7. The van der Waals surface area contributed by atoms with Crippen molar-refractivity contribution >= 4 is 16.9 Å². The van der Waals surface area contributed by atoms with Crippen LogP contribution in [0.2, 0.25) is 0 Å². The number of aromatic nitrogens is 1. The molecule has 2 aromatic carbocycles. The number of hydrogen-bond acceptors (Lipinski definition) is 6. The molecule has 0 saturated heterocycles. The van der Waals surface area contributed by atoms with Gasteiger partial charge in [-0.05, 0) is 49.2 Å². The van der Waals surface area contributed by atoms with E-state index in [1.165, 1.54) is 0 Å². The van der Waals surface area contributed by atoms with E-state index in [0.717, 1.165) is 29.0 Å². The van der Waals surface area contributed by atoms with Gasteiger partial charge >= 0.3 is 6.09 Å². The lowest BCUT2D eigenvalue weighted by Gasteiger charge is -2.37. The van der Waals surface area contributed by atoms with Crippen molar-refractivity contribution in [1.29, 1.82) is 0 Å². The molecule has 0 spiro atoms. The molecule has 0 saturated carbocycles. The molecule has 10 heteroatoms. The maximum atomic E-state index is 14.4. The first-order chi connectivity index (χ1) is 16.8. The number of carbonyl (C=O) groups is 1. The van der Waals surface area contributed by atoms with Crippen LogP contribution in [0.4, 0.5) is 13.6 Å². The van der Waals surface area contributed by atoms with E-state index in [0.29, 0.717) is 23.1 Å². The highest BCUT2D eigenvalue weighted by Crippen LogP contribution is 2.40. The van der Waals surface area contributed by atoms with Crippen molar-refractivity contribution in [2.75, 3.05) is 33.9 Å². The largest absolute Gasteiger partial charge is 0.497 e. The highest BCUT2D eigenvalue weighted by molar-refractivity contribution is 5.91. The van der Waals surface area contributed by atoms with Crippen LogP contribution in [0.25, 0.3) is 10.8 Å². The van der Waals surface area contributed by atoms with E-state index in [1.807, 2.05) is 31.3 Å². The van der Waals surface area contributed by atoms with E-state index in [1.54, 1.807) is 7.11 Å². The molecule has 1 amide bonds. The fourth-order valence-corrected chi connectivity index (χ4v) is 4.30. The maximum absolute atomic E-state index is 14.4. The first-order valence-corrected chi connectivity index (χ1v) is 11.1. The lowest BCUT2D eigenvalue weighted by atomic mass is 9.93. The molecular weight excluding hydrogens is 460 g/mol. The summed E-state index contributed by atoms with van der Waals surface area (Å²) in [7, 11) is 3.56. The molecule has 1 aromatic heterocycles. The Labute approximate surface area is 201 Å². The number of rotatable bonds is 8. The zero-order valence-electron chi connectivity index (χ0n) is 19.7. The van der Waals surface area contributed by atoms with Crippen molar-refractivity contribution in [2.24, 2.45) is 0 Å². The molecule has 0 fully saturated rings. The molecule has 1 aliphatic rings. The molecule has 4 rings (SSSR count). The minimum Gasteiger partial charge on any atom is -0.497 e. The summed E-state index contributed by atoms with van der Waals surface area (Å²) in [5.41, 5.74) is 2.37. The third-order valence-corrected chi connectivity index (χ3v) is 6.29. The van der Waals surface area contributed by atoms with Gasteiger partial charge in [-0.2, -0.15) is 0 Å². The lowest BCUT2D eigenvalue weighted by molar-refractivity contribution is 0.0269. The number of likely N-dealkylation sites (N-methyl/N-ethyl adjacent to an activating group) is 1. The predicted molar refractivity (Wildman–Crippen MR) is 125 cm³/mol. The number of benzene rings is 2. The molecular formula is C25H27F2N3O5. The van der Waals surface area contributed by atoms with E-state index in [2.05, 4.69) is 22.1 Å². The monoisotopic (exact) mass is 487 g/mol. The third kappa shape index (κ3) is 5.13. The van der Waals surface area contributed by atoms with Gasteiger partial charge in [0.15, 0.2) is 11.6 Å². The van der Waals surface area contributed by atoms with Crippen LogP contribution in [0.5, 0.6) is 11.6 Å². The number of ether oxygens (including phenoxy) is 3. The van der Waals surface area contributed by atoms with Crippen LogP contribution < -0.4 is 14.8 Å². The van der Waals surface area contributed by atoms with Crippen molar-refractivity contribution in [3.05, 3.63) is 64.9 Å². The molecule has 2 N–H and O–H groups in total. The van der Waals surface area contributed by atoms with Crippen molar-refractivity contribution in [3.63, 3.8) is 0 Å². The number of pyridine rings is 1. The number of methoxy groups -OCH3 is 1. The highest BCUT2D eigenvalue weighted by atomic mass is 19.2. The standard InChI is InChI=1S/C25H27F2N3O5/c1-14(15-4-6-16(33-3)7-5-15)30(2)22-13-34-12-21-23(22)17-10-19(26)20(27)11-18(17)24(29-21)35-9-8-28-25(31)32/h4-7,10-11,14,22,28H,8-9,12-13H2,1-3H3,(H,31,32). The smallest absolute Gasteiger partial charge is 0.404 e. The summed E-state index contributed by atoms with van der Waals surface area (Å²) in [6.07, 6.45) is -1.18. The van der Waals surface area contributed by atoms with Crippen molar-refractivity contribution in [3.8, 4) is 11.6 Å². The SMILES string of the molecule is COc1ccc(C(C)N(C)C2COCc3nc(OCCNC(=O)O)c4cc(F)c(F)cc4c32)cc1. The van der Waals surface area contributed by atoms with Crippen LogP contribution in [0, 0.1) is 11.6 Å². The number of halogens is 2. The minimum atomic E-state index is -1.18. The van der Waals surface area contributed by atoms with Gasteiger partial charge in [0.2, 0.25) is 5.88 Å². The Kier molecular flexibility index (Phi) is 7.32. The molecule has 186 valence electrons. The van der Waals surface area contributed by atoms with Gasteiger partial charge in [0, 0.05) is 17.0 Å². The van der Waals surface area contributed by atoms with Gasteiger partial charge < -0.3 is 24.6 Å². The van der Waals surface area contributed by atoms with Gasteiger partial charge in [0.1, 0.15) is 12.4 Å². The second kappa shape index (κ2) is 10.4. The van der Waals surface area contributed by atoms with E-state index < -0.39 is 17.7 Å². The predicted octanol–water partition coefficient (Wildman–Crippen LogP) is 4.43. The number of nitrogens with one attached hydrogen (secondary N) is 1. The van der Waals surface area contributed by atoms with Crippen molar-refractivity contribution < 1.29 is 32.9 Å². The minimum absolute atomic E-state index is 0.0144. The van der Waals surface area contributed by atoms with Crippen LogP contribution in [-0.4, -0.2) is 55.0 Å². The van der Waals surface area contributed by atoms with Gasteiger partial charge in [0.05, 0.1) is 38.6 Å². The molecule has 2 heterocycles. The van der Waals surface area contributed by atoms with Gasteiger partial charge in [0.25, 0.3) is 0 Å². The maximum Gasteiger partial charge on any atom is 0.404 e. The molecule has 2 atom stereocenters. The van der Waals surface area contributed by atoms with E-state index >= 15 is 0 Å². The number of nitrogens with zero attached hydrogens (tertiary/aromatic N) is 2. The lowest BCUT2D eigenvalue weighted by Crippen LogP contribution is -2.34. The summed E-state index contributed by atoms with van der Waals surface area (Å²) in [6.45, 7) is 2.59. The fraction of sp³-hybridized carbons (Fsp3) is 0.360. The highest BCUT2D eigenvalue weighted by Gasteiger charge is 2.32. The van der Waals surface area contributed by atoms with Gasteiger partial charge in [-0.15, -0.1) is 0 Å². The molecule has 35 heavy (non-hydrogen) atoms. The topological polar surface area (TPSA) is 93.2 Å². The summed E-state index contributed by atoms with van der Waals surface area (Å²) in [4.78, 5) is 17.4. The second-order valence-corrected chi connectivity index (χ2v) is 8.32. The third-order valence-electron chi connectivity index (χ3n) is 6.29. The normalized spacial score (nSPS) is 16.1. The van der Waals surface area contributed by atoms with E-state index in [-0.39, 0.29) is 37.7 Å². The van der Waals surface area contributed by atoms with Crippen LogP contribution in [0.15, 0.2) is 36.4 Å². The Morgan fingerprint density at radius 1 is 1.26 bits per heavy atom. The van der Waals surface area contributed by atoms with Crippen LogP contribution >= 0.6 is 0 Å². The Morgan fingerprint density at radius 2 is 1.94 bits per heavy atom. The van der Waals surface area contributed by atoms with Crippen LogP contribution in [0.3, 0.4) is 0 Å². The molecule has 3 aromatic rings. The Bertz CT molecular complexity index is 1220. The number of fused-ring (bicyclic) bond motifs is 3. The van der Waals surface area contributed by atoms with E-state index in [9.17, 15) is 13.6 Å². The van der Waals surface area contributed by atoms with Crippen LogP contribution in [0.1, 0.15) is 35.8 Å². The quantitative estimate of drug-likeness (QED) is 0.454. The summed E-state index contributed by atoms with van der Waals surface area (Å²) in [5.74, 6) is -1.13.